The highest BCUT2D eigenvalue weighted by atomic mass is 16.1. The zero-order valence-corrected chi connectivity index (χ0v) is 12.9. The SMILES string of the molecule is O=C(/C=C/C(=O)c1cccc2c1CCCC2)Nc1ccccc1. The molecule has 1 N–H and O–H groups in total. The molecule has 0 saturated heterocycles. The molecule has 116 valence electrons. The normalized spacial score (nSPS) is 13.6. The van der Waals surface area contributed by atoms with Gasteiger partial charge in [0, 0.05) is 17.3 Å². The Labute approximate surface area is 136 Å². The quantitative estimate of drug-likeness (QED) is 0.687. The summed E-state index contributed by atoms with van der Waals surface area (Å²) in [6, 6.07) is 15.1. The molecule has 0 unspecified atom stereocenters. The lowest BCUT2D eigenvalue weighted by atomic mass is 9.87. The summed E-state index contributed by atoms with van der Waals surface area (Å²) in [5.41, 5.74) is 3.86. The van der Waals surface area contributed by atoms with Gasteiger partial charge in [-0.1, -0.05) is 36.4 Å². The number of amides is 1. The Morgan fingerprint density at radius 2 is 1.65 bits per heavy atom. The Balaban J connectivity index is 1.71. The number of allylic oxidation sites excluding steroid dienone is 1. The molecule has 0 atom stereocenters. The van der Waals surface area contributed by atoms with E-state index in [4.69, 9.17) is 0 Å². The van der Waals surface area contributed by atoms with Gasteiger partial charge in [-0.25, -0.2) is 0 Å². The monoisotopic (exact) mass is 305 g/mol. The molecule has 1 aliphatic rings. The fraction of sp³-hybridized carbons (Fsp3) is 0.200. The number of rotatable bonds is 4. The molecule has 0 radical (unpaired) electrons. The lowest BCUT2D eigenvalue weighted by molar-refractivity contribution is -0.111. The van der Waals surface area contributed by atoms with E-state index < -0.39 is 0 Å². The predicted molar refractivity (Wildman–Crippen MR) is 91.6 cm³/mol. The molecule has 3 heteroatoms. The molecule has 1 aliphatic carbocycles. The molecule has 1 amide bonds. The third kappa shape index (κ3) is 3.75. The van der Waals surface area contributed by atoms with Crippen LogP contribution in [0.25, 0.3) is 0 Å². The molecule has 2 aromatic carbocycles. The van der Waals surface area contributed by atoms with Crippen molar-refractivity contribution < 1.29 is 9.59 Å². The number of anilines is 1. The minimum atomic E-state index is -0.297. The van der Waals surface area contributed by atoms with Crippen molar-refractivity contribution in [3.63, 3.8) is 0 Å². The van der Waals surface area contributed by atoms with E-state index in [0.29, 0.717) is 5.69 Å². The first-order chi connectivity index (χ1) is 11.2. The number of benzene rings is 2. The number of para-hydroxylation sites is 1. The second kappa shape index (κ2) is 7.05. The van der Waals surface area contributed by atoms with Crippen LogP contribution >= 0.6 is 0 Å². The highest BCUT2D eigenvalue weighted by Crippen LogP contribution is 2.24. The lowest BCUT2D eigenvalue weighted by Gasteiger charge is -2.17. The maximum atomic E-state index is 12.4. The first-order valence-electron chi connectivity index (χ1n) is 7.93. The second-order valence-electron chi connectivity index (χ2n) is 5.70. The second-order valence-corrected chi connectivity index (χ2v) is 5.70. The minimum Gasteiger partial charge on any atom is -0.323 e. The van der Waals surface area contributed by atoms with Gasteiger partial charge in [0.2, 0.25) is 5.91 Å². The Kier molecular flexibility index (Phi) is 4.67. The summed E-state index contributed by atoms with van der Waals surface area (Å²) < 4.78 is 0. The summed E-state index contributed by atoms with van der Waals surface area (Å²) in [6.07, 6.45) is 6.95. The van der Waals surface area contributed by atoms with Crippen LogP contribution < -0.4 is 5.32 Å². The van der Waals surface area contributed by atoms with Crippen molar-refractivity contribution in [1.82, 2.24) is 0 Å². The van der Waals surface area contributed by atoms with Crippen LogP contribution in [0.5, 0.6) is 0 Å². The van der Waals surface area contributed by atoms with Crippen molar-refractivity contribution in [2.24, 2.45) is 0 Å². The number of nitrogens with one attached hydrogen (secondary N) is 1. The van der Waals surface area contributed by atoms with E-state index in [1.807, 2.05) is 30.3 Å². The first-order valence-corrected chi connectivity index (χ1v) is 7.93. The fourth-order valence-corrected chi connectivity index (χ4v) is 2.96. The zero-order valence-electron chi connectivity index (χ0n) is 12.9. The molecule has 0 bridgehead atoms. The third-order valence-electron chi connectivity index (χ3n) is 4.09. The highest BCUT2D eigenvalue weighted by molar-refractivity contribution is 6.10. The van der Waals surface area contributed by atoms with E-state index in [2.05, 4.69) is 11.4 Å². The predicted octanol–water partition coefficient (Wildman–Crippen LogP) is 3.94. The van der Waals surface area contributed by atoms with E-state index in [0.717, 1.165) is 30.4 Å². The molecule has 0 aromatic heterocycles. The van der Waals surface area contributed by atoms with Crippen LogP contribution in [0.2, 0.25) is 0 Å². The van der Waals surface area contributed by atoms with Gasteiger partial charge in [-0.15, -0.1) is 0 Å². The number of hydrogen-bond donors (Lipinski definition) is 1. The van der Waals surface area contributed by atoms with E-state index in [-0.39, 0.29) is 11.7 Å². The molecule has 2 aromatic rings. The Morgan fingerprint density at radius 1 is 0.870 bits per heavy atom. The topological polar surface area (TPSA) is 46.2 Å². The Bertz CT molecular complexity index is 747. The number of carbonyl (C=O) groups is 2. The molecule has 0 aliphatic heterocycles. The molecule has 0 saturated carbocycles. The standard InChI is InChI=1S/C20H19NO2/c22-19(13-14-20(23)21-16-9-2-1-3-10-16)18-12-6-8-15-7-4-5-11-17(15)18/h1-3,6,8-10,12-14H,4-5,7,11H2,(H,21,23)/b14-13+. The molecule has 0 spiro atoms. The third-order valence-corrected chi connectivity index (χ3v) is 4.09. The number of carbonyl (C=O) groups excluding carboxylic acids is 2. The maximum absolute atomic E-state index is 12.4. The number of aryl methyl sites for hydroxylation is 1. The van der Waals surface area contributed by atoms with Gasteiger partial charge >= 0.3 is 0 Å². The van der Waals surface area contributed by atoms with Gasteiger partial charge in [0.15, 0.2) is 5.78 Å². The number of hydrogen-bond acceptors (Lipinski definition) is 2. The molecular formula is C20H19NO2. The summed E-state index contributed by atoms with van der Waals surface area (Å²) in [5, 5.41) is 2.73. The van der Waals surface area contributed by atoms with Crippen LogP contribution in [0.3, 0.4) is 0 Å². The van der Waals surface area contributed by atoms with Crippen molar-refractivity contribution in [3.05, 3.63) is 77.4 Å². The summed E-state index contributed by atoms with van der Waals surface area (Å²) in [7, 11) is 0. The van der Waals surface area contributed by atoms with Crippen molar-refractivity contribution in [1.29, 1.82) is 0 Å². The minimum absolute atomic E-state index is 0.105. The molecule has 0 heterocycles. The fourth-order valence-electron chi connectivity index (χ4n) is 2.96. The summed E-state index contributed by atoms with van der Waals surface area (Å²) in [6.45, 7) is 0. The van der Waals surface area contributed by atoms with Crippen LogP contribution in [0.1, 0.15) is 34.3 Å². The van der Waals surface area contributed by atoms with E-state index >= 15 is 0 Å². The summed E-state index contributed by atoms with van der Waals surface area (Å²) in [5.74, 6) is -0.402. The van der Waals surface area contributed by atoms with Gasteiger partial charge in [-0.05, 0) is 55.0 Å². The van der Waals surface area contributed by atoms with Gasteiger partial charge in [-0.2, -0.15) is 0 Å². The lowest BCUT2D eigenvalue weighted by Crippen LogP contribution is -2.11. The average Bonchev–Trinajstić information content (AvgIpc) is 2.60. The number of ketones is 1. The van der Waals surface area contributed by atoms with Gasteiger partial charge in [0.05, 0.1) is 0 Å². The van der Waals surface area contributed by atoms with Gasteiger partial charge < -0.3 is 5.32 Å². The average molecular weight is 305 g/mol. The van der Waals surface area contributed by atoms with E-state index in [1.165, 1.54) is 24.1 Å². The Morgan fingerprint density at radius 3 is 2.48 bits per heavy atom. The first kappa shape index (κ1) is 15.2. The van der Waals surface area contributed by atoms with Crippen LogP contribution in [0.15, 0.2) is 60.7 Å². The van der Waals surface area contributed by atoms with Crippen LogP contribution in [-0.4, -0.2) is 11.7 Å². The molecular weight excluding hydrogens is 286 g/mol. The highest BCUT2D eigenvalue weighted by Gasteiger charge is 2.16. The van der Waals surface area contributed by atoms with E-state index in [9.17, 15) is 9.59 Å². The van der Waals surface area contributed by atoms with Crippen molar-refractivity contribution in [3.8, 4) is 0 Å². The molecule has 0 fully saturated rings. The van der Waals surface area contributed by atoms with Gasteiger partial charge in [0.1, 0.15) is 0 Å². The Hall–Kier alpha value is -2.68. The van der Waals surface area contributed by atoms with Crippen molar-refractivity contribution in [2.75, 3.05) is 5.32 Å². The van der Waals surface area contributed by atoms with Gasteiger partial charge in [0.25, 0.3) is 0 Å². The molecule has 23 heavy (non-hydrogen) atoms. The molecule has 3 rings (SSSR count). The van der Waals surface area contributed by atoms with Crippen LogP contribution in [-0.2, 0) is 17.6 Å². The summed E-state index contributed by atoms with van der Waals surface area (Å²) in [4.78, 5) is 24.3. The zero-order chi connectivity index (χ0) is 16.1. The van der Waals surface area contributed by atoms with Crippen LogP contribution in [0, 0.1) is 0 Å². The molecule has 3 nitrogen and oxygen atoms in total. The number of fused-ring (bicyclic) bond motifs is 1. The van der Waals surface area contributed by atoms with Crippen molar-refractivity contribution >= 4 is 17.4 Å². The largest absolute Gasteiger partial charge is 0.323 e. The maximum Gasteiger partial charge on any atom is 0.248 e. The smallest absolute Gasteiger partial charge is 0.248 e. The van der Waals surface area contributed by atoms with E-state index in [1.54, 1.807) is 12.1 Å². The van der Waals surface area contributed by atoms with Crippen LogP contribution in [0.4, 0.5) is 5.69 Å². The van der Waals surface area contributed by atoms with Gasteiger partial charge in [-0.3, -0.25) is 9.59 Å². The summed E-state index contributed by atoms with van der Waals surface area (Å²) >= 11 is 0. The van der Waals surface area contributed by atoms with Crippen molar-refractivity contribution in [2.45, 2.75) is 25.7 Å².